The Labute approximate surface area is 129 Å². The van der Waals surface area contributed by atoms with Crippen LogP contribution in [0.2, 0.25) is 5.02 Å². The van der Waals surface area contributed by atoms with E-state index in [1.54, 1.807) is 12.3 Å². The lowest BCUT2D eigenvalue weighted by Crippen LogP contribution is -2.28. The van der Waals surface area contributed by atoms with Crippen molar-refractivity contribution in [1.82, 2.24) is 9.88 Å². The van der Waals surface area contributed by atoms with Crippen molar-refractivity contribution in [3.8, 4) is 5.88 Å². The van der Waals surface area contributed by atoms with Crippen LogP contribution in [0.15, 0.2) is 12.3 Å². The van der Waals surface area contributed by atoms with E-state index >= 15 is 0 Å². The highest BCUT2D eigenvalue weighted by Gasteiger charge is 2.22. The lowest BCUT2D eigenvalue weighted by atomic mass is 10.1. The zero-order chi connectivity index (χ0) is 14.7. The van der Waals surface area contributed by atoms with Gasteiger partial charge in [-0.05, 0) is 18.9 Å². The van der Waals surface area contributed by atoms with Crippen LogP contribution >= 0.6 is 11.6 Å². The van der Waals surface area contributed by atoms with E-state index in [1.165, 1.54) is 0 Å². The molecule has 6 heteroatoms. The van der Waals surface area contributed by atoms with E-state index in [9.17, 15) is 4.79 Å². The highest BCUT2D eigenvalue weighted by Crippen LogP contribution is 2.26. The standard InChI is InChI=1S/C15H19ClN2O3/c16-13-9-11(15(19)18-5-1-2-6-18)10-17-14(13)21-12-3-7-20-8-4-12/h9-10,12H,1-8H2. The van der Waals surface area contributed by atoms with Crippen LogP contribution in [-0.4, -0.2) is 48.2 Å². The summed E-state index contributed by atoms with van der Waals surface area (Å²) >= 11 is 6.21. The third kappa shape index (κ3) is 3.47. The van der Waals surface area contributed by atoms with Crippen LogP contribution in [0.1, 0.15) is 36.0 Å². The first-order valence-electron chi connectivity index (χ1n) is 7.43. The van der Waals surface area contributed by atoms with Gasteiger partial charge < -0.3 is 14.4 Å². The van der Waals surface area contributed by atoms with Crippen molar-refractivity contribution in [3.63, 3.8) is 0 Å². The molecule has 0 N–H and O–H groups in total. The van der Waals surface area contributed by atoms with Crippen molar-refractivity contribution < 1.29 is 14.3 Å². The first-order valence-corrected chi connectivity index (χ1v) is 7.81. The molecule has 0 aromatic carbocycles. The molecule has 2 saturated heterocycles. The summed E-state index contributed by atoms with van der Waals surface area (Å²) in [5.41, 5.74) is 0.529. The van der Waals surface area contributed by atoms with E-state index in [1.807, 2.05) is 4.90 Å². The summed E-state index contributed by atoms with van der Waals surface area (Å²) in [4.78, 5) is 18.3. The number of carbonyl (C=O) groups excluding carboxylic acids is 1. The molecule has 0 bridgehead atoms. The molecule has 1 amide bonds. The van der Waals surface area contributed by atoms with E-state index in [4.69, 9.17) is 21.1 Å². The molecule has 0 spiro atoms. The van der Waals surface area contributed by atoms with Gasteiger partial charge in [-0.15, -0.1) is 0 Å². The Bertz CT molecular complexity index is 512. The third-order valence-corrected chi connectivity index (χ3v) is 4.17. The number of ether oxygens (including phenoxy) is 2. The Morgan fingerprint density at radius 3 is 2.71 bits per heavy atom. The van der Waals surface area contributed by atoms with E-state index < -0.39 is 0 Å². The van der Waals surface area contributed by atoms with Crippen LogP contribution in [0.3, 0.4) is 0 Å². The maximum Gasteiger partial charge on any atom is 0.255 e. The predicted octanol–water partition coefficient (Wildman–Crippen LogP) is 2.53. The van der Waals surface area contributed by atoms with Gasteiger partial charge in [0.15, 0.2) is 0 Å². The van der Waals surface area contributed by atoms with Gasteiger partial charge in [0.2, 0.25) is 5.88 Å². The number of hydrogen-bond acceptors (Lipinski definition) is 4. The summed E-state index contributed by atoms with van der Waals surface area (Å²) in [6.45, 7) is 3.04. The molecule has 2 fully saturated rings. The van der Waals surface area contributed by atoms with Crippen LogP contribution < -0.4 is 4.74 Å². The maximum absolute atomic E-state index is 12.3. The van der Waals surface area contributed by atoms with Crippen molar-refractivity contribution in [1.29, 1.82) is 0 Å². The molecule has 0 unspecified atom stereocenters. The fraction of sp³-hybridized carbons (Fsp3) is 0.600. The van der Waals surface area contributed by atoms with Gasteiger partial charge in [0, 0.05) is 32.1 Å². The maximum atomic E-state index is 12.3. The zero-order valence-electron chi connectivity index (χ0n) is 11.9. The molecular weight excluding hydrogens is 292 g/mol. The molecule has 21 heavy (non-hydrogen) atoms. The Balaban J connectivity index is 1.68. The Morgan fingerprint density at radius 2 is 2.05 bits per heavy atom. The van der Waals surface area contributed by atoms with Gasteiger partial charge in [-0.3, -0.25) is 4.79 Å². The van der Waals surface area contributed by atoms with Crippen LogP contribution in [-0.2, 0) is 4.74 Å². The molecule has 2 aliphatic heterocycles. The SMILES string of the molecule is O=C(c1cnc(OC2CCOCC2)c(Cl)c1)N1CCCC1. The third-order valence-electron chi connectivity index (χ3n) is 3.89. The average molecular weight is 311 g/mol. The number of rotatable bonds is 3. The van der Waals surface area contributed by atoms with Crippen molar-refractivity contribution in [2.75, 3.05) is 26.3 Å². The first-order chi connectivity index (χ1) is 10.2. The lowest BCUT2D eigenvalue weighted by molar-refractivity contribution is 0.0238. The fourth-order valence-corrected chi connectivity index (χ4v) is 2.89. The van der Waals surface area contributed by atoms with Crippen LogP contribution in [0.4, 0.5) is 0 Å². The predicted molar refractivity (Wildman–Crippen MR) is 78.9 cm³/mol. The zero-order valence-corrected chi connectivity index (χ0v) is 12.6. The lowest BCUT2D eigenvalue weighted by Gasteiger charge is -2.23. The first kappa shape index (κ1) is 14.6. The highest BCUT2D eigenvalue weighted by molar-refractivity contribution is 6.32. The number of nitrogens with zero attached hydrogens (tertiary/aromatic N) is 2. The Morgan fingerprint density at radius 1 is 1.33 bits per heavy atom. The van der Waals surface area contributed by atoms with Gasteiger partial charge in [0.05, 0.1) is 18.8 Å². The summed E-state index contributed by atoms with van der Waals surface area (Å²) in [6, 6.07) is 1.66. The Hall–Kier alpha value is -1.33. The summed E-state index contributed by atoms with van der Waals surface area (Å²) in [7, 11) is 0. The van der Waals surface area contributed by atoms with Crippen LogP contribution in [0.25, 0.3) is 0 Å². The van der Waals surface area contributed by atoms with Gasteiger partial charge in [0.25, 0.3) is 5.91 Å². The number of carbonyl (C=O) groups is 1. The molecule has 0 aliphatic carbocycles. The van der Waals surface area contributed by atoms with Gasteiger partial charge in [-0.25, -0.2) is 4.98 Å². The number of likely N-dealkylation sites (tertiary alicyclic amines) is 1. The molecule has 2 aliphatic rings. The molecule has 3 heterocycles. The minimum absolute atomic E-state index is 0.000448. The smallest absolute Gasteiger partial charge is 0.255 e. The molecule has 0 saturated carbocycles. The van der Waals surface area contributed by atoms with Crippen molar-refractivity contribution in [2.24, 2.45) is 0 Å². The number of amides is 1. The molecule has 3 rings (SSSR count). The molecule has 1 aromatic heterocycles. The largest absolute Gasteiger partial charge is 0.473 e. The number of aromatic nitrogens is 1. The van der Waals surface area contributed by atoms with Gasteiger partial charge in [-0.1, -0.05) is 11.6 Å². The summed E-state index contributed by atoms with van der Waals surface area (Å²) in [5, 5.41) is 0.395. The van der Waals surface area contributed by atoms with Crippen molar-refractivity contribution in [3.05, 3.63) is 22.8 Å². The molecule has 114 valence electrons. The van der Waals surface area contributed by atoms with E-state index in [0.29, 0.717) is 29.7 Å². The summed E-state index contributed by atoms with van der Waals surface area (Å²) in [6.07, 6.45) is 5.46. The number of hydrogen-bond donors (Lipinski definition) is 0. The van der Waals surface area contributed by atoms with Crippen molar-refractivity contribution >= 4 is 17.5 Å². The van der Waals surface area contributed by atoms with E-state index in [-0.39, 0.29) is 12.0 Å². The second-order valence-electron chi connectivity index (χ2n) is 5.44. The monoisotopic (exact) mass is 310 g/mol. The van der Waals surface area contributed by atoms with Crippen LogP contribution in [0, 0.1) is 0 Å². The number of halogens is 1. The number of pyridine rings is 1. The van der Waals surface area contributed by atoms with Gasteiger partial charge >= 0.3 is 0 Å². The molecule has 5 nitrogen and oxygen atoms in total. The highest BCUT2D eigenvalue weighted by atomic mass is 35.5. The minimum atomic E-state index is -0.000448. The topological polar surface area (TPSA) is 51.7 Å². The Kier molecular flexibility index (Phi) is 4.60. The molecular formula is C15H19ClN2O3. The van der Waals surface area contributed by atoms with Gasteiger partial charge in [0.1, 0.15) is 11.1 Å². The van der Waals surface area contributed by atoms with E-state index in [0.717, 1.165) is 38.8 Å². The molecule has 1 aromatic rings. The van der Waals surface area contributed by atoms with Crippen molar-refractivity contribution in [2.45, 2.75) is 31.8 Å². The second-order valence-corrected chi connectivity index (χ2v) is 5.85. The summed E-state index contributed by atoms with van der Waals surface area (Å²) < 4.78 is 11.1. The van der Waals surface area contributed by atoms with Gasteiger partial charge in [-0.2, -0.15) is 0 Å². The molecule has 0 radical (unpaired) electrons. The molecule has 0 atom stereocenters. The quantitative estimate of drug-likeness (QED) is 0.861. The second kappa shape index (κ2) is 6.62. The summed E-state index contributed by atoms with van der Waals surface area (Å²) in [5.74, 6) is 0.404. The van der Waals surface area contributed by atoms with E-state index in [2.05, 4.69) is 4.98 Å². The minimum Gasteiger partial charge on any atom is -0.473 e. The van der Waals surface area contributed by atoms with Crippen LogP contribution in [0.5, 0.6) is 5.88 Å². The normalized spacial score (nSPS) is 19.8. The average Bonchev–Trinajstić information content (AvgIpc) is 3.04. The fourth-order valence-electron chi connectivity index (χ4n) is 2.68.